The maximum atomic E-state index is 11.6. The average molecular weight is 253 g/mol. The normalized spacial score (nSPS) is 45.6. The number of alkyl halides is 1. The van der Waals surface area contributed by atoms with Gasteiger partial charge in [0.2, 0.25) is 0 Å². The zero-order valence-electron chi connectivity index (χ0n) is 6.87. The highest BCUT2D eigenvalue weighted by molar-refractivity contribution is 9.09. The molecule has 0 aromatic rings. The molecule has 1 saturated heterocycles. The van der Waals surface area contributed by atoms with Gasteiger partial charge in [0.05, 0.1) is 11.0 Å². The van der Waals surface area contributed by atoms with Gasteiger partial charge in [0.15, 0.2) is 9.84 Å². The summed E-state index contributed by atoms with van der Waals surface area (Å²) in [6, 6.07) is 0. The predicted molar refractivity (Wildman–Crippen MR) is 52.2 cm³/mol. The summed E-state index contributed by atoms with van der Waals surface area (Å²) in [5, 5.41) is -0.0179. The second-order valence-corrected chi connectivity index (χ2v) is 7.27. The Hall–Kier alpha value is 0.430. The van der Waals surface area contributed by atoms with Gasteiger partial charge in [-0.25, -0.2) is 8.42 Å². The van der Waals surface area contributed by atoms with Crippen LogP contribution in [0.5, 0.6) is 0 Å². The van der Waals surface area contributed by atoms with Gasteiger partial charge in [0.1, 0.15) is 0 Å². The van der Waals surface area contributed by atoms with E-state index in [0.717, 1.165) is 19.3 Å². The van der Waals surface area contributed by atoms with Crippen molar-refractivity contribution in [3.8, 4) is 0 Å². The van der Waals surface area contributed by atoms with E-state index < -0.39 is 9.84 Å². The second-order valence-electron chi connectivity index (χ2n) is 3.83. The van der Waals surface area contributed by atoms with Crippen LogP contribution in [0, 0.1) is 5.92 Å². The van der Waals surface area contributed by atoms with Crippen LogP contribution in [0.1, 0.15) is 25.7 Å². The van der Waals surface area contributed by atoms with Gasteiger partial charge in [0.25, 0.3) is 0 Å². The molecule has 1 aliphatic carbocycles. The molecule has 2 nitrogen and oxygen atoms in total. The molecule has 0 bridgehead atoms. The third kappa shape index (κ3) is 1.33. The van der Waals surface area contributed by atoms with E-state index in [1.165, 1.54) is 6.42 Å². The van der Waals surface area contributed by atoms with Gasteiger partial charge in [-0.15, -0.1) is 0 Å². The first-order valence-corrected chi connectivity index (χ1v) is 7.10. The highest BCUT2D eigenvalue weighted by Crippen LogP contribution is 2.41. The molecule has 3 unspecified atom stereocenters. The maximum Gasteiger partial charge on any atom is 0.154 e. The summed E-state index contributed by atoms with van der Waals surface area (Å²) in [5.41, 5.74) is 0. The first-order chi connectivity index (χ1) is 5.61. The number of hydrogen-bond acceptors (Lipinski definition) is 2. The molecular weight excluding hydrogens is 240 g/mol. The second kappa shape index (κ2) is 2.98. The number of hydrogen-bond donors (Lipinski definition) is 0. The van der Waals surface area contributed by atoms with Gasteiger partial charge in [-0.1, -0.05) is 28.8 Å². The number of rotatable bonds is 0. The van der Waals surface area contributed by atoms with Crippen molar-refractivity contribution in [2.45, 2.75) is 35.8 Å². The van der Waals surface area contributed by atoms with Crippen molar-refractivity contribution in [3.05, 3.63) is 0 Å². The molecule has 1 heterocycles. The molecule has 70 valence electrons. The van der Waals surface area contributed by atoms with Gasteiger partial charge >= 0.3 is 0 Å². The van der Waals surface area contributed by atoms with Crippen LogP contribution in [-0.4, -0.2) is 24.2 Å². The predicted octanol–water partition coefficient (Wildman–Crippen LogP) is 1.74. The topological polar surface area (TPSA) is 34.1 Å². The van der Waals surface area contributed by atoms with Crippen molar-refractivity contribution in [1.29, 1.82) is 0 Å². The maximum absolute atomic E-state index is 11.6. The van der Waals surface area contributed by atoms with E-state index in [1.54, 1.807) is 0 Å². The Kier molecular flexibility index (Phi) is 2.24. The quantitative estimate of drug-likeness (QED) is 0.616. The monoisotopic (exact) mass is 252 g/mol. The lowest BCUT2D eigenvalue weighted by Crippen LogP contribution is -2.27. The minimum Gasteiger partial charge on any atom is -0.228 e. The zero-order chi connectivity index (χ0) is 8.77. The zero-order valence-corrected chi connectivity index (χ0v) is 9.27. The molecule has 1 saturated carbocycles. The van der Waals surface area contributed by atoms with Crippen molar-refractivity contribution >= 4 is 25.8 Å². The molecule has 0 radical (unpaired) electrons. The van der Waals surface area contributed by atoms with E-state index in [0.29, 0.717) is 11.7 Å². The molecule has 0 aromatic carbocycles. The molecule has 12 heavy (non-hydrogen) atoms. The third-order valence-corrected chi connectivity index (χ3v) is 6.83. The van der Waals surface area contributed by atoms with Crippen molar-refractivity contribution < 1.29 is 8.42 Å². The van der Waals surface area contributed by atoms with Crippen molar-refractivity contribution in [2.24, 2.45) is 5.92 Å². The first kappa shape index (κ1) is 9.00. The van der Waals surface area contributed by atoms with Crippen molar-refractivity contribution in [3.63, 3.8) is 0 Å². The number of halogens is 1. The summed E-state index contributed by atoms with van der Waals surface area (Å²) >= 11 is 3.48. The number of fused-ring (bicyclic) bond motifs is 1. The van der Waals surface area contributed by atoms with Crippen LogP contribution < -0.4 is 0 Å². The Morgan fingerprint density at radius 1 is 1.17 bits per heavy atom. The van der Waals surface area contributed by atoms with Crippen LogP contribution in [-0.2, 0) is 9.84 Å². The molecule has 0 amide bonds. The summed E-state index contributed by atoms with van der Waals surface area (Å²) in [6.45, 7) is 0. The molecule has 2 aliphatic rings. The molecule has 0 N–H and O–H groups in total. The van der Waals surface area contributed by atoms with Crippen molar-refractivity contribution in [1.82, 2.24) is 0 Å². The molecule has 1 aliphatic heterocycles. The summed E-state index contributed by atoms with van der Waals surface area (Å²) < 4.78 is 23.2. The number of sulfone groups is 1. The van der Waals surface area contributed by atoms with E-state index in [1.807, 2.05) is 0 Å². The minimum atomic E-state index is -2.74. The van der Waals surface area contributed by atoms with Crippen molar-refractivity contribution in [2.75, 3.05) is 5.75 Å². The van der Waals surface area contributed by atoms with Crippen LogP contribution >= 0.6 is 15.9 Å². The Balaban J connectivity index is 2.28. The molecule has 3 atom stereocenters. The fraction of sp³-hybridized carbons (Fsp3) is 1.00. The van der Waals surface area contributed by atoms with Gasteiger partial charge in [-0.2, -0.15) is 0 Å². The summed E-state index contributed by atoms with van der Waals surface area (Å²) in [5.74, 6) is 0.770. The summed E-state index contributed by atoms with van der Waals surface area (Å²) in [7, 11) is -2.74. The highest BCUT2D eigenvalue weighted by atomic mass is 79.9. The van der Waals surface area contributed by atoms with Crippen LogP contribution in [0.25, 0.3) is 0 Å². The Morgan fingerprint density at radius 3 is 2.50 bits per heavy atom. The first-order valence-electron chi connectivity index (χ1n) is 4.47. The fourth-order valence-electron chi connectivity index (χ4n) is 2.45. The lowest BCUT2D eigenvalue weighted by molar-refractivity contribution is 0.380. The Morgan fingerprint density at radius 2 is 1.83 bits per heavy atom. The Labute approximate surface area is 81.8 Å². The van der Waals surface area contributed by atoms with Crippen LogP contribution in [0.2, 0.25) is 0 Å². The van der Waals surface area contributed by atoms with Gasteiger partial charge in [-0.05, 0) is 18.8 Å². The van der Waals surface area contributed by atoms with E-state index in [4.69, 9.17) is 0 Å². The SMILES string of the molecule is O=S1(=O)CC(Br)C2CCCCC21. The van der Waals surface area contributed by atoms with Crippen LogP contribution in [0.15, 0.2) is 0 Å². The van der Waals surface area contributed by atoms with Gasteiger partial charge in [0, 0.05) is 4.83 Å². The largest absolute Gasteiger partial charge is 0.228 e. The average Bonchev–Trinajstić information content (AvgIpc) is 2.25. The van der Waals surface area contributed by atoms with Gasteiger partial charge in [-0.3, -0.25) is 0 Å². The standard InChI is InChI=1S/C8H13BrO2S/c9-7-5-12(10,11)8-4-2-1-3-6(7)8/h6-8H,1-5H2. The molecule has 4 heteroatoms. The van der Waals surface area contributed by atoms with Crippen LogP contribution in [0.3, 0.4) is 0 Å². The van der Waals surface area contributed by atoms with Gasteiger partial charge < -0.3 is 0 Å². The Bertz CT molecular complexity index is 273. The minimum absolute atomic E-state index is 0.0179. The lowest BCUT2D eigenvalue weighted by atomic mass is 9.87. The molecular formula is C8H13BrO2S. The molecule has 2 fully saturated rings. The highest BCUT2D eigenvalue weighted by Gasteiger charge is 2.46. The van der Waals surface area contributed by atoms with Crippen LogP contribution in [0.4, 0.5) is 0 Å². The van der Waals surface area contributed by atoms with E-state index >= 15 is 0 Å². The summed E-state index contributed by atoms with van der Waals surface area (Å²) in [6.07, 6.45) is 4.30. The van der Waals surface area contributed by atoms with E-state index in [-0.39, 0.29) is 10.1 Å². The third-order valence-electron chi connectivity index (χ3n) is 3.07. The lowest BCUT2D eigenvalue weighted by Gasteiger charge is -2.24. The summed E-state index contributed by atoms with van der Waals surface area (Å²) in [4.78, 5) is 0.229. The molecule has 0 aromatic heterocycles. The molecule has 2 rings (SSSR count). The van der Waals surface area contributed by atoms with E-state index in [2.05, 4.69) is 15.9 Å². The van der Waals surface area contributed by atoms with E-state index in [9.17, 15) is 8.42 Å². The smallest absolute Gasteiger partial charge is 0.154 e. The fourth-order valence-corrected chi connectivity index (χ4v) is 6.72. The molecule has 0 spiro atoms.